The van der Waals surface area contributed by atoms with Gasteiger partial charge in [0.1, 0.15) is 0 Å². The Morgan fingerprint density at radius 3 is 2.38 bits per heavy atom. The van der Waals surface area contributed by atoms with E-state index in [2.05, 4.69) is 21.2 Å². The molecule has 3 N–H and O–H groups in total. The van der Waals surface area contributed by atoms with Gasteiger partial charge in [-0.15, -0.1) is 12.4 Å². The molecule has 1 atom stereocenters. The zero-order valence-corrected chi connectivity index (χ0v) is 18.6. The normalized spacial score (nSPS) is 12.3. The first-order chi connectivity index (χ1) is 13.1. The van der Waals surface area contributed by atoms with Crippen LogP contribution in [0.2, 0.25) is 0 Å². The monoisotopic (exact) mass is 491 g/mol. The third-order valence-electron chi connectivity index (χ3n) is 4.44. The highest BCUT2D eigenvalue weighted by Crippen LogP contribution is 2.23. The highest BCUT2D eigenvalue weighted by atomic mass is 79.9. The lowest BCUT2D eigenvalue weighted by Gasteiger charge is -2.28. The standard InChI is InChI=1S/C21H24BrF2NO3.ClH/c1-21(2,11-13-3-6-15(22)7-4-13)25-12-18(26)16-9-14(5-8-19(27)28)10-17(23)20(16)24;/h3-4,6-7,9-10,18,25-26H,5,8,11-12H2,1-2H3,(H,27,28);1H/t18-;/m1./s1. The van der Waals surface area contributed by atoms with E-state index in [0.717, 1.165) is 16.1 Å². The Labute approximate surface area is 183 Å². The summed E-state index contributed by atoms with van der Waals surface area (Å²) in [7, 11) is 0. The van der Waals surface area contributed by atoms with E-state index in [4.69, 9.17) is 5.11 Å². The molecule has 0 saturated carbocycles. The van der Waals surface area contributed by atoms with Crippen molar-refractivity contribution in [3.05, 3.63) is 69.2 Å². The highest BCUT2D eigenvalue weighted by molar-refractivity contribution is 9.10. The fraction of sp³-hybridized carbons (Fsp3) is 0.381. The van der Waals surface area contributed by atoms with E-state index in [0.29, 0.717) is 12.0 Å². The fourth-order valence-electron chi connectivity index (χ4n) is 2.96. The van der Waals surface area contributed by atoms with Crippen LogP contribution in [0, 0.1) is 11.6 Å². The molecule has 2 rings (SSSR count). The Balaban J connectivity index is 0.00000420. The number of carboxylic acids is 1. The van der Waals surface area contributed by atoms with Gasteiger partial charge in [0.2, 0.25) is 0 Å². The van der Waals surface area contributed by atoms with Crippen molar-refractivity contribution >= 4 is 34.3 Å². The van der Waals surface area contributed by atoms with E-state index in [1.165, 1.54) is 6.07 Å². The minimum Gasteiger partial charge on any atom is -0.481 e. The minimum absolute atomic E-state index is 0. The summed E-state index contributed by atoms with van der Waals surface area (Å²) in [6, 6.07) is 10.2. The number of aryl methyl sites for hydroxylation is 1. The second-order valence-electron chi connectivity index (χ2n) is 7.46. The van der Waals surface area contributed by atoms with E-state index in [9.17, 15) is 18.7 Å². The van der Waals surface area contributed by atoms with Gasteiger partial charge in [-0.2, -0.15) is 0 Å². The first-order valence-corrected chi connectivity index (χ1v) is 9.74. The topological polar surface area (TPSA) is 69.6 Å². The van der Waals surface area contributed by atoms with Crippen LogP contribution in [0.1, 0.15) is 43.1 Å². The molecule has 0 aliphatic heterocycles. The van der Waals surface area contributed by atoms with E-state index < -0.39 is 23.7 Å². The maximum absolute atomic E-state index is 14.2. The van der Waals surface area contributed by atoms with E-state index in [1.807, 2.05) is 38.1 Å². The zero-order valence-electron chi connectivity index (χ0n) is 16.2. The third kappa shape index (κ3) is 8.01. The number of β-amino-alcohol motifs (C(OH)–C–C–N with tert-alkyl or cyclic N) is 1. The molecule has 0 spiro atoms. The minimum atomic E-state index is -1.26. The van der Waals surface area contributed by atoms with Crippen LogP contribution < -0.4 is 5.32 Å². The van der Waals surface area contributed by atoms with Gasteiger partial charge in [0.05, 0.1) is 6.10 Å². The molecule has 0 aliphatic carbocycles. The second kappa shape index (κ2) is 11.0. The van der Waals surface area contributed by atoms with E-state index in [-0.39, 0.29) is 42.9 Å². The van der Waals surface area contributed by atoms with Gasteiger partial charge in [-0.1, -0.05) is 28.1 Å². The number of rotatable bonds is 9. The molecule has 0 heterocycles. The van der Waals surface area contributed by atoms with E-state index in [1.54, 1.807) is 0 Å². The van der Waals surface area contributed by atoms with Gasteiger partial charge < -0.3 is 15.5 Å². The van der Waals surface area contributed by atoms with Crippen molar-refractivity contribution < 1.29 is 23.8 Å². The summed E-state index contributed by atoms with van der Waals surface area (Å²) in [6.45, 7) is 3.95. The van der Waals surface area contributed by atoms with Crippen molar-refractivity contribution in [3.8, 4) is 0 Å². The molecule has 0 aromatic heterocycles. The maximum Gasteiger partial charge on any atom is 0.303 e. The molecule has 0 aliphatic rings. The molecule has 2 aromatic rings. The Kier molecular flexibility index (Phi) is 9.68. The van der Waals surface area contributed by atoms with Crippen molar-refractivity contribution in [2.24, 2.45) is 0 Å². The zero-order chi connectivity index (χ0) is 20.9. The molecule has 160 valence electrons. The second-order valence-corrected chi connectivity index (χ2v) is 8.37. The molecule has 0 unspecified atom stereocenters. The van der Waals surface area contributed by atoms with Gasteiger partial charge in [-0.05, 0) is 62.1 Å². The molecule has 0 radical (unpaired) electrons. The Hall–Kier alpha value is -1.54. The van der Waals surface area contributed by atoms with Crippen molar-refractivity contribution in [1.82, 2.24) is 5.32 Å². The molecule has 4 nitrogen and oxygen atoms in total. The lowest BCUT2D eigenvalue weighted by Crippen LogP contribution is -2.43. The van der Waals surface area contributed by atoms with Crippen LogP contribution in [0.4, 0.5) is 8.78 Å². The number of aliphatic hydroxyl groups is 1. The summed E-state index contributed by atoms with van der Waals surface area (Å²) < 4.78 is 29.0. The summed E-state index contributed by atoms with van der Waals surface area (Å²) >= 11 is 3.39. The van der Waals surface area contributed by atoms with Crippen LogP contribution in [-0.4, -0.2) is 28.3 Å². The van der Waals surface area contributed by atoms with E-state index >= 15 is 0 Å². The number of nitrogens with one attached hydrogen (secondary N) is 1. The smallest absolute Gasteiger partial charge is 0.303 e. The summed E-state index contributed by atoms with van der Waals surface area (Å²) in [6.07, 6.45) is -0.709. The van der Waals surface area contributed by atoms with Gasteiger partial charge >= 0.3 is 5.97 Å². The van der Waals surface area contributed by atoms with Crippen LogP contribution >= 0.6 is 28.3 Å². The van der Waals surface area contributed by atoms with Crippen LogP contribution in [0.3, 0.4) is 0 Å². The third-order valence-corrected chi connectivity index (χ3v) is 4.96. The number of hydrogen-bond donors (Lipinski definition) is 3. The lowest BCUT2D eigenvalue weighted by molar-refractivity contribution is -0.136. The van der Waals surface area contributed by atoms with Crippen molar-refractivity contribution in [1.29, 1.82) is 0 Å². The molecule has 29 heavy (non-hydrogen) atoms. The SMILES string of the molecule is CC(C)(Cc1ccc(Br)cc1)NC[C@@H](O)c1cc(CCC(=O)O)cc(F)c1F.Cl. The van der Waals surface area contributed by atoms with Crippen molar-refractivity contribution in [2.45, 2.75) is 44.8 Å². The lowest BCUT2D eigenvalue weighted by atomic mass is 9.94. The van der Waals surface area contributed by atoms with Crippen LogP contribution in [-0.2, 0) is 17.6 Å². The summed E-state index contributed by atoms with van der Waals surface area (Å²) in [5.41, 5.74) is 0.880. The maximum atomic E-state index is 14.2. The van der Waals surface area contributed by atoms with Gasteiger partial charge in [0.15, 0.2) is 11.6 Å². The van der Waals surface area contributed by atoms with Gasteiger partial charge in [0, 0.05) is 28.5 Å². The summed E-state index contributed by atoms with van der Waals surface area (Å²) in [4.78, 5) is 10.7. The Morgan fingerprint density at radius 2 is 1.79 bits per heavy atom. The summed E-state index contributed by atoms with van der Waals surface area (Å²) in [5.74, 6) is -3.23. The largest absolute Gasteiger partial charge is 0.481 e. The number of carboxylic acid groups (broad SMARTS) is 1. The number of halogens is 4. The predicted molar refractivity (Wildman–Crippen MR) is 114 cm³/mol. The molecule has 0 amide bonds. The van der Waals surface area contributed by atoms with Gasteiger partial charge in [-0.25, -0.2) is 8.78 Å². The molecule has 0 bridgehead atoms. The fourth-order valence-corrected chi connectivity index (χ4v) is 3.23. The quantitative estimate of drug-likeness (QED) is 0.470. The Morgan fingerprint density at radius 1 is 1.17 bits per heavy atom. The number of aliphatic hydroxyl groups excluding tert-OH is 1. The molecule has 8 heteroatoms. The number of benzene rings is 2. The van der Waals surface area contributed by atoms with Gasteiger partial charge in [-0.3, -0.25) is 4.79 Å². The first-order valence-electron chi connectivity index (χ1n) is 8.94. The first kappa shape index (κ1) is 25.5. The molecule has 2 aromatic carbocycles. The molecule has 0 fully saturated rings. The number of aliphatic carboxylic acids is 1. The van der Waals surface area contributed by atoms with Gasteiger partial charge in [0.25, 0.3) is 0 Å². The van der Waals surface area contributed by atoms with Crippen LogP contribution in [0.25, 0.3) is 0 Å². The average Bonchev–Trinajstić information content (AvgIpc) is 2.62. The predicted octanol–water partition coefficient (Wildman–Crippen LogP) is 4.81. The molecular weight excluding hydrogens is 468 g/mol. The highest BCUT2D eigenvalue weighted by Gasteiger charge is 2.23. The number of hydrogen-bond acceptors (Lipinski definition) is 3. The molecule has 0 saturated heterocycles. The van der Waals surface area contributed by atoms with Crippen LogP contribution in [0.5, 0.6) is 0 Å². The summed E-state index contributed by atoms with van der Waals surface area (Å²) in [5, 5.41) is 22.4. The number of carbonyl (C=O) groups is 1. The molecular formula is C21H25BrClF2NO3. The van der Waals surface area contributed by atoms with Crippen LogP contribution in [0.15, 0.2) is 40.9 Å². The van der Waals surface area contributed by atoms with Crippen molar-refractivity contribution in [3.63, 3.8) is 0 Å². The average molecular weight is 493 g/mol. The van der Waals surface area contributed by atoms with Crippen molar-refractivity contribution in [2.75, 3.05) is 6.54 Å². The Bertz CT molecular complexity index is 831.